The Morgan fingerprint density at radius 2 is 1.90 bits per heavy atom. The van der Waals surface area contributed by atoms with Gasteiger partial charge in [0.05, 0.1) is 0 Å². The highest BCUT2D eigenvalue weighted by Gasteiger charge is 2.61. The lowest BCUT2D eigenvalue weighted by molar-refractivity contribution is -0.116. The van der Waals surface area contributed by atoms with E-state index in [0.717, 1.165) is 12.3 Å². The van der Waals surface area contributed by atoms with E-state index < -0.39 is 0 Å². The number of nitrogens with zero attached hydrogens (tertiary/aromatic N) is 1. The molecule has 0 N–H and O–H groups in total. The largest absolute Gasteiger partial charge is 0.378 e. The molecule has 3 unspecified atom stereocenters. The zero-order chi connectivity index (χ0) is 21.5. The van der Waals surface area contributed by atoms with Gasteiger partial charge in [-0.15, -0.1) is 12.3 Å². The van der Waals surface area contributed by atoms with Crippen LogP contribution in [-0.2, 0) is 4.79 Å². The number of anilines is 1. The van der Waals surface area contributed by atoms with Crippen LogP contribution in [0.3, 0.4) is 0 Å². The topological polar surface area (TPSA) is 20.3 Å². The summed E-state index contributed by atoms with van der Waals surface area (Å²) < 4.78 is 0. The van der Waals surface area contributed by atoms with Gasteiger partial charge in [-0.05, 0) is 84.3 Å². The summed E-state index contributed by atoms with van der Waals surface area (Å²) in [6.07, 6.45) is 15.5. The van der Waals surface area contributed by atoms with Crippen LogP contribution >= 0.6 is 0 Å². The molecular weight excluding hydrogens is 378 g/mol. The van der Waals surface area contributed by atoms with Gasteiger partial charge in [0, 0.05) is 43.5 Å². The number of fused-ring (bicyclic) bond motifs is 6. The number of rotatable bonds is 2. The Morgan fingerprint density at radius 1 is 1.13 bits per heavy atom. The fraction of sp³-hybridized carbons (Fsp3) is 0.552. The lowest BCUT2D eigenvalue weighted by Crippen LogP contribution is -2.41. The molecule has 2 heteroatoms. The first-order chi connectivity index (χ1) is 14.9. The molecule has 6 rings (SSSR count). The van der Waals surface area contributed by atoms with Crippen LogP contribution in [0.25, 0.3) is 0 Å². The van der Waals surface area contributed by atoms with E-state index in [0.29, 0.717) is 29.0 Å². The Morgan fingerprint density at radius 3 is 2.61 bits per heavy atom. The third-order valence-corrected chi connectivity index (χ3v) is 9.47. The van der Waals surface area contributed by atoms with Gasteiger partial charge in [-0.2, -0.15) is 0 Å². The molecule has 0 heterocycles. The molecule has 31 heavy (non-hydrogen) atoms. The lowest BCUT2D eigenvalue weighted by Gasteiger charge is -2.51. The fourth-order valence-electron chi connectivity index (χ4n) is 7.98. The summed E-state index contributed by atoms with van der Waals surface area (Å²) in [7, 11) is 4.20. The van der Waals surface area contributed by atoms with Crippen molar-refractivity contribution in [3.05, 3.63) is 52.6 Å². The maximum absolute atomic E-state index is 12.7. The van der Waals surface area contributed by atoms with Crippen LogP contribution in [0.4, 0.5) is 5.69 Å². The zero-order valence-corrected chi connectivity index (χ0v) is 19.0. The van der Waals surface area contributed by atoms with E-state index in [1.54, 1.807) is 5.57 Å². The highest BCUT2D eigenvalue weighted by molar-refractivity contribution is 5.99. The summed E-state index contributed by atoms with van der Waals surface area (Å²) in [4.78, 5) is 14.9. The van der Waals surface area contributed by atoms with Crippen LogP contribution in [0.2, 0.25) is 0 Å². The number of carbonyl (C=O) groups excluding carboxylic acids is 1. The fourth-order valence-corrected chi connectivity index (χ4v) is 7.98. The molecule has 0 bridgehead atoms. The summed E-state index contributed by atoms with van der Waals surface area (Å²) in [6.45, 7) is 2.56. The number of carbonyl (C=O) groups is 1. The number of ketones is 1. The minimum absolute atomic E-state index is 0.0589. The summed E-state index contributed by atoms with van der Waals surface area (Å²) in [5.74, 6) is 5.67. The first kappa shape index (κ1) is 19.4. The predicted octanol–water partition coefficient (Wildman–Crippen LogP) is 5.76. The second kappa shape index (κ2) is 6.61. The Labute approximate surface area is 186 Å². The van der Waals surface area contributed by atoms with Gasteiger partial charge < -0.3 is 4.90 Å². The van der Waals surface area contributed by atoms with Gasteiger partial charge in [0.2, 0.25) is 0 Å². The van der Waals surface area contributed by atoms with Crippen LogP contribution in [0.1, 0.15) is 56.9 Å². The third kappa shape index (κ3) is 2.68. The van der Waals surface area contributed by atoms with Gasteiger partial charge >= 0.3 is 0 Å². The molecule has 7 atom stereocenters. The Kier molecular flexibility index (Phi) is 4.14. The average molecular weight is 412 g/mol. The molecule has 2 nitrogen and oxygen atoms in total. The smallest absolute Gasteiger partial charge is 0.160 e. The molecule has 1 aromatic rings. The van der Waals surface area contributed by atoms with E-state index in [1.165, 1.54) is 54.5 Å². The quantitative estimate of drug-likeness (QED) is 0.577. The summed E-state index contributed by atoms with van der Waals surface area (Å²) >= 11 is 0. The third-order valence-electron chi connectivity index (χ3n) is 9.47. The Bertz CT molecular complexity index is 1050. The van der Waals surface area contributed by atoms with Crippen LogP contribution in [0.5, 0.6) is 0 Å². The first-order valence-corrected chi connectivity index (χ1v) is 12.1. The number of benzene rings is 1. The molecule has 5 aliphatic carbocycles. The lowest BCUT2D eigenvalue weighted by atomic mass is 9.53. The zero-order valence-electron chi connectivity index (χ0n) is 19.0. The number of allylic oxidation sites excluding steroid dienone is 4. The van der Waals surface area contributed by atoms with Gasteiger partial charge in [-0.3, -0.25) is 4.79 Å². The van der Waals surface area contributed by atoms with Crippen molar-refractivity contribution in [3.63, 3.8) is 0 Å². The molecule has 1 aromatic carbocycles. The standard InChI is InChI=1S/C29H33NO/c1-5-20-27-24(31)15-18-10-13-21-23-7-6-14-29(23,2)16-22(26(21)25(18)28(20)27)17-8-11-19(12-9-17)30(3)4/h1,8-9,11-12,15,20-23,27-28H,6-7,10,13-14,16H2,2-4H3/t20?,21-,22+,23-,27?,28?,29-/m0/s1. The summed E-state index contributed by atoms with van der Waals surface area (Å²) in [5.41, 5.74) is 7.68. The molecule has 0 saturated heterocycles. The molecule has 0 aliphatic heterocycles. The molecule has 0 aromatic heterocycles. The van der Waals surface area contributed by atoms with Gasteiger partial charge in [-0.25, -0.2) is 0 Å². The van der Waals surface area contributed by atoms with Gasteiger partial charge in [0.15, 0.2) is 5.78 Å². The van der Waals surface area contributed by atoms with Gasteiger partial charge in [0.25, 0.3) is 0 Å². The maximum Gasteiger partial charge on any atom is 0.160 e. The molecule has 3 fully saturated rings. The normalized spacial score (nSPS) is 40.2. The van der Waals surface area contributed by atoms with Crippen molar-refractivity contribution >= 4 is 11.5 Å². The molecule has 0 amide bonds. The van der Waals surface area contributed by atoms with Crippen molar-refractivity contribution in [2.45, 2.75) is 51.4 Å². The molecule has 0 radical (unpaired) electrons. The second-order valence-corrected chi connectivity index (χ2v) is 11.2. The molecule has 5 aliphatic rings. The number of hydrogen-bond donors (Lipinski definition) is 0. The van der Waals surface area contributed by atoms with Crippen molar-refractivity contribution in [3.8, 4) is 12.3 Å². The molecule has 3 saturated carbocycles. The van der Waals surface area contributed by atoms with Gasteiger partial charge in [0.1, 0.15) is 0 Å². The van der Waals surface area contributed by atoms with Crippen LogP contribution in [0.15, 0.2) is 47.1 Å². The van der Waals surface area contributed by atoms with E-state index >= 15 is 0 Å². The van der Waals surface area contributed by atoms with Crippen molar-refractivity contribution in [1.29, 1.82) is 0 Å². The predicted molar refractivity (Wildman–Crippen MR) is 126 cm³/mol. The molecular formula is C29H33NO. The van der Waals surface area contributed by atoms with Crippen LogP contribution < -0.4 is 4.90 Å². The Balaban J connectivity index is 1.52. The van der Waals surface area contributed by atoms with Crippen LogP contribution in [0, 0.1) is 47.3 Å². The first-order valence-electron chi connectivity index (χ1n) is 12.1. The van der Waals surface area contributed by atoms with Crippen molar-refractivity contribution in [2.75, 3.05) is 19.0 Å². The second-order valence-electron chi connectivity index (χ2n) is 11.2. The summed E-state index contributed by atoms with van der Waals surface area (Å²) in [6, 6.07) is 9.26. The van der Waals surface area contributed by atoms with E-state index in [2.05, 4.69) is 56.1 Å². The monoisotopic (exact) mass is 411 g/mol. The average Bonchev–Trinajstić information content (AvgIpc) is 3.38. The number of terminal acetylenes is 1. The minimum Gasteiger partial charge on any atom is -0.378 e. The molecule has 0 spiro atoms. The maximum atomic E-state index is 12.7. The van der Waals surface area contributed by atoms with Crippen molar-refractivity contribution < 1.29 is 4.79 Å². The highest BCUT2D eigenvalue weighted by atomic mass is 16.1. The summed E-state index contributed by atoms with van der Waals surface area (Å²) in [5, 5.41) is 0. The SMILES string of the molecule is C#CC1C2C(=O)C=C3CC[C@@H]4C(=C3C12)[C@@H](c1ccc(N(C)C)cc1)C[C@]1(C)CCC[C@@H]41. The minimum atomic E-state index is 0.0589. The van der Waals surface area contributed by atoms with E-state index in [1.807, 2.05) is 6.08 Å². The van der Waals surface area contributed by atoms with Crippen molar-refractivity contribution in [2.24, 2.45) is 35.0 Å². The van der Waals surface area contributed by atoms with Crippen molar-refractivity contribution in [1.82, 2.24) is 0 Å². The van der Waals surface area contributed by atoms with Crippen LogP contribution in [-0.4, -0.2) is 19.9 Å². The molecule has 160 valence electrons. The van der Waals surface area contributed by atoms with E-state index in [9.17, 15) is 4.79 Å². The highest BCUT2D eigenvalue weighted by Crippen LogP contribution is 2.67. The van der Waals surface area contributed by atoms with E-state index in [4.69, 9.17) is 6.42 Å². The number of hydrogen-bond acceptors (Lipinski definition) is 2. The van der Waals surface area contributed by atoms with E-state index in [-0.39, 0.29) is 11.8 Å². The van der Waals surface area contributed by atoms with Gasteiger partial charge in [-0.1, -0.05) is 31.1 Å². The Hall–Kier alpha value is -2.27.